The molecule has 0 spiro atoms. The third-order valence-electron chi connectivity index (χ3n) is 6.11. The topological polar surface area (TPSA) is 77.3 Å². The number of halogens is 12. The van der Waals surface area contributed by atoms with Crippen LogP contribution in [0.15, 0.2) is 122 Å². The van der Waals surface area contributed by atoms with Gasteiger partial charge in [0, 0.05) is 41.3 Å². The Labute approximate surface area is 343 Å². The van der Waals surface area contributed by atoms with Crippen LogP contribution in [-0.2, 0) is 19.5 Å². The second-order valence-electron chi connectivity index (χ2n) is 12.7. The minimum Gasteiger partial charge on any atom is 2.00 e. The molecule has 0 fully saturated rings. The third-order valence-corrected chi connectivity index (χ3v) is 6.11. The van der Waals surface area contributed by atoms with Crippen LogP contribution in [0.25, 0.3) is 45.6 Å². The molecule has 0 unspecified atom stereocenters. The van der Waals surface area contributed by atoms with Crippen LogP contribution in [-0.4, -0.2) is 29.9 Å². The van der Waals surface area contributed by atoms with E-state index < -0.39 is 15.6 Å². The maximum absolute atomic E-state index is 10.7. The summed E-state index contributed by atoms with van der Waals surface area (Å²) in [6, 6.07) is 30.7. The van der Waals surface area contributed by atoms with Gasteiger partial charge in [0.25, 0.3) is 0 Å². The molecule has 0 bridgehead atoms. The molecule has 21 heteroatoms. The fraction of sp³-hybridized carbons (Fsp3) is 0.105. The molecule has 6 nitrogen and oxygen atoms in total. The molecular weight excluding hydrogens is 931 g/mol. The largest absolute Gasteiger partial charge is 2.00 e. The number of terminal acetylenes is 1. The van der Waals surface area contributed by atoms with Crippen molar-refractivity contribution in [2.75, 3.05) is 0 Å². The number of nitrogens with zero attached hydrogens (tertiary/aromatic N) is 6. The molecule has 0 amide bonds. The van der Waals surface area contributed by atoms with Crippen molar-refractivity contribution in [3.8, 4) is 69.7 Å². The second kappa shape index (κ2) is 17.5. The van der Waals surface area contributed by atoms with Crippen LogP contribution in [0.2, 0.25) is 0 Å². The normalized spacial score (nSPS) is 13.3. The van der Waals surface area contributed by atoms with Gasteiger partial charge in [0.2, 0.25) is 0 Å². The van der Waals surface area contributed by atoms with Crippen LogP contribution in [0.3, 0.4) is 0 Å². The number of hydrogen-bond acceptors (Lipinski definition) is 6. The van der Waals surface area contributed by atoms with Crippen molar-refractivity contribution < 1.29 is 69.8 Å². The molecule has 0 saturated carbocycles. The molecule has 0 aliphatic heterocycles. The second-order valence-corrected chi connectivity index (χ2v) is 16.5. The Morgan fingerprint density at radius 3 is 0.898 bits per heavy atom. The molecular formula is C38H30F12N6P2Ru. The van der Waals surface area contributed by atoms with Gasteiger partial charge in [-0.1, -0.05) is 42.0 Å². The van der Waals surface area contributed by atoms with E-state index in [2.05, 4.69) is 63.5 Å². The van der Waals surface area contributed by atoms with Crippen LogP contribution in [0.4, 0.5) is 50.4 Å². The van der Waals surface area contributed by atoms with Gasteiger partial charge in [-0.2, -0.15) is 0 Å². The molecule has 0 aliphatic rings. The molecule has 59 heavy (non-hydrogen) atoms. The summed E-state index contributed by atoms with van der Waals surface area (Å²) in [5, 5.41) is 0. The van der Waals surface area contributed by atoms with Gasteiger partial charge in [-0.15, -0.1) is 6.42 Å². The molecule has 0 saturated heterocycles. The van der Waals surface area contributed by atoms with E-state index in [4.69, 9.17) is 11.4 Å². The van der Waals surface area contributed by atoms with Gasteiger partial charge < -0.3 is 0 Å². The van der Waals surface area contributed by atoms with E-state index in [1.54, 1.807) is 24.8 Å². The quantitative estimate of drug-likeness (QED) is 0.0758. The molecule has 0 atom stereocenters. The van der Waals surface area contributed by atoms with Gasteiger partial charge in [-0.25, -0.2) is 9.97 Å². The van der Waals surface area contributed by atoms with E-state index in [-0.39, 0.29) is 24.9 Å². The van der Waals surface area contributed by atoms with E-state index in [1.807, 2.05) is 97.1 Å². The van der Waals surface area contributed by atoms with Gasteiger partial charge >= 0.3 is 85.5 Å². The summed E-state index contributed by atoms with van der Waals surface area (Å²) in [7, 11) is -21.3. The molecule has 0 N–H and O–H groups in total. The van der Waals surface area contributed by atoms with Gasteiger partial charge in [0.05, 0.1) is 45.6 Å². The molecule has 0 aliphatic carbocycles. The Bertz CT molecular complexity index is 2260. The zero-order valence-electron chi connectivity index (χ0n) is 30.6. The number of aromatic nitrogens is 6. The van der Waals surface area contributed by atoms with E-state index in [0.29, 0.717) is 0 Å². The number of hydrogen-bond donors (Lipinski definition) is 0. The monoisotopic (exact) mass is 962 g/mol. The summed E-state index contributed by atoms with van der Waals surface area (Å²) in [4.78, 5) is 26.7. The van der Waals surface area contributed by atoms with Crippen LogP contribution >= 0.6 is 15.6 Å². The Kier molecular flexibility index (Phi) is 14.8. The van der Waals surface area contributed by atoms with Crippen molar-refractivity contribution in [1.82, 2.24) is 29.9 Å². The number of pyridine rings is 6. The van der Waals surface area contributed by atoms with Gasteiger partial charge in [0.1, 0.15) is 0 Å². The molecule has 6 heterocycles. The van der Waals surface area contributed by atoms with Crippen molar-refractivity contribution in [3.05, 3.63) is 133 Å². The summed E-state index contributed by atoms with van der Waals surface area (Å²) in [5.41, 5.74) is 7.98. The summed E-state index contributed by atoms with van der Waals surface area (Å²) in [5.74, 6) is 9.19. The smallest absolute Gasteiger partial charge is 2.00 e. The van der Waals surface area contributed by atoms with Gasteiger partial charge in [-0.3, -0.25) is 19.9 Å². The van der Waals surface area contributed by atoms with E-state index in [9.17, 15) is 50.4 Å². The molecule has 6 rings (SSSR count). The summed E-state index contributed by atoms with van der Waals surface area (Å²) < 4.78 is 118. The Morgan fingerprint density at radius 1 is 0.441 bits per heavy atom. The number of rotatable bonds is 4. The van der Waals surface area contributed by atoms with Crippen molar-refractivity contribution in [1.29, 1.82) is 0 Å². The molecule has 0 radical (unpaired) electrons. The molecule has 6 aromatic heterocycles. The summed E-state index contributed by atoms with van der Waals surface area (Å²) >= 11 is 0. The van der Waals surface area contributed by atoms with E-state index >= 15 is 0 Å². The fourth-order valence-electron chi connectivity index (χ4n) is 4.06. The minimum absolute atomic E-state index is 0. The van der Waals surface area contributed by atoms with Crippen molar-refractivity contribution >= 4 is 15.6 Å². The maximum atomic E-state index is 9.87. The SMILES string of the molecule is C#Cc1cc(-c2ccccn2)nc(-c2ccccn2)c1.CC(C)(C)C#Cc1cc(-c2ccccn2)nc(-c2ccccn2)c1.F[P-](F)(F)(F)(F)F.F[P-](F)(F)(F)(F)F.[Ru+2]. The minimum atomic E-state index is -10.7. The third kappa shape index (κ3) is 24.2. The van der Waals surface area contributed by atoms with Crippen LogP contribution in [0.5, 0.6) is 0 Å². The zero-order valence-corrected chi connectivity index (χ0v) is 34.1. The van der Waals surface area contributed by atoms with Crippen molar-refractivity contribution in [2.45, 2.75) is 20.8 Å². The Balaban J connectivity index is 0.000000308. The molecule has 314 valence electrons. The Morgan fingerprint density at radius 2 is 0.695 bits per heavy atom. The Hall–Kier alpha value is -5.34. The van der Waals surface area contributed by atoms with Crippen LogP contribution in [0, 0.1) is 29.6 Å². The summed E-state index contributed by atoms with van der Waals surface area (Å²) in [6.45, 7) is 6.29. The van der Waals surface area contributed by atoms with Crippen molar-refractivity contribution in [3.63, 3.8) is 0 Å². The van der Waals surface area contributed by atoms with E-state index in [0.717, 1.165) is 56.7 Å². The van der Waals surface area contributed by atoms with Crippen LogP contribution < -0.4 is 0 Å². The predicted octanol–water partition coefficient (Wildman–Crippen LogP) is 14.6. The average molecular weight is 962 g/mol. The first-order chi connectivity index (χ1) is 26.3. The maximum Gasteiger partial charge on any atom is 2.00 e. The van der Waals surface area contributed by atoms with Gasteiger partial charge in [-0.05, 0) is 93.6 Å². The standard InChI is InChI=1S/C21H19N3.C17H11N3.2F6P.Ru/c1-21(2,3)11-10-16-14-19(17-8-4-6-12-22-17)24-20(15-16)18-9-5-7-13-23-18;1-2-13-11-16(14-7-3-5-9-18-14)20-17(12-13)15-8-4-6-10-19-15;2*1-7(2,3,4,5)6;/h4-9,12-15H,1-3H3;1,3-12H;;;/q;;2*-1;+2. The molecule has 0 aromatic carbocycles. The first-order valence-corrected chi connectivity index (χ1v) is 20.2. The van der Waals surface area contributed by atoms with E-state index in [1.165, 1.54) is 0 Å². The summed E-state index contributed by atoms with van der Waals surface area (Å²) in [6.07, 6.45) is 12.5. The molecule has 6 aromatic rings. The predicted molar refractivity (Wildman–Crippen MR) is 203 cm³/mol. The average Bonchev–Trinajstić information content (AvgIpc) is 3.12. The van der Waals surface area contributed by atoms with Crippen molar-refractivity contribution in [2.24, 2.45) is 5.41 Å². The fourth-order valence-corrected chi connectivity index (χ4v) is 4.06. The zero-order chi connectivity index (χ0) is 43.6. The first-order valence-electron chi connectivity index (χ1n) is 16.1. The van der Waals surface area contributed by atoms with Gasteiger partial charge in [0.15, 0.2) is 0 Å². The first kappa shape index (κ1) is 49.8. The van der Waals surface area contributed by atoms with Crippen LogP contribution in [0.1, 0.15) is 31.9 Å².